The van der Waals surface area contributed by atoms with Gasteiger partial charge in [-0.1, -0.05) is 26.0 Å². The van der Waals surface area contributed by atoms with Crippen LogP contribution in [0.15, 0.2) is 24.3 Å². The smallest absolute Gasteiger partial charge is 0.124 e. The number of aliphatic hydroxyl groups is 1. The summed E-state index contributed by atoms with van der Waals surface area (Å²) < 4.78 is 1.96. The average Bonchev–Trinajstić information content (AvgIpc) is 2.68. The molecule has 1 unspecified atom stereocenters. The molecule has 0 amide bonds. The number of fused-ring (bicyclic) bond motifs is 1. The molecule has 0 fully saturated rings. The van der Waals surface area contributed by atoms with Crippen LogP contribution >= 0.6 is 0 Å². The highest BCUT2D eigenvalue weighted by Gasteiger charge is 2.27. The van der Waals surface area contributed by atoms with Crippen molar-refractivity contribution in [1.82, 2.24) is 9.55 Å². The standard InChI is InChI=1S/C15H19N3O/c1-11(2)15(3,19)10-18-13-7-5-4-6-12(13)17-14(18)8-9-16/h4-7,11,19H,8,10H2,1-3H3. The summed E-state index contributed by atoms with van der Waals surface area (Å²) in [5.74, 6) is 0.841. The highest BCUT2D eigenvalue weighted by atomic mass is 16.3. The zero-order valence-electron chi connectivity index (χ0n) is 11.6. The minimum Gasteiger partial charge on any atom is -0.388 e. The summed E-state index contributed by atoms with van der Waals surface area (Å²) >= 11 is 0. The van der Waals surface area contributed by atoms with E-state index in [1.165, 1.54) is 0 Å². The molecule has 0 bridgehead atoms. The number of hydrogen-bond acceptors (Lipinski definition) is 3. The van der Waals surface area contributed by atoms with Crippen LogP contribution in [0, 0.1) is 17.2 Å². The van der Waals surface area contributed by atoms with E-state index in [0.717, 1.165) is 11.0 Å². The average molecular weight is 257 g/mol. The molecule has 19 heavy (non-hydrogen) atoms. The Labute approximate surface area is 113 Å². The van der Waals surface area contributed by atoms with Gasteiger partial charge in [-0.15, -0.1) is 0 Å². The van der Waals surface area contributed by atoms with Crippen LogP contribution in [0.4, 0.5) is 0 Å². The maximum absolute atomic E-state index is 10.5. The normalized spacial score (nSPS) is 14.5. The third-order valence-corrected chi connectivity index (χ3v) is 3.69. The predicted octanol–water partition coefficient (Wildman–Crippen LogP) is 2.51. The Morgan fingerprint density at radius 1 is 1.42 bits per heavy atom. The maximum Gasteiger partial charge on any atom is 0.124 e. The van der Waals surface area contributed by atoms with Gasteiger partial charge in [-0.25, -0.2) is 4.98 Å². The summed E-state index contributed by atoms with van der Waals surface area (Å²) in [6.45, 7) is 6.25. The Morgan fingerprint density at radius 3 is 2.74 bits per heavy atom. The molecule has 4 heteroatoms. The monoisotopic (exact) mass is 257 g/mol. The molecule has 2 aromatic rings. The van der Waals surface area contributed by atoms with E-state index in [4.69, 9.17) is 5.26 Å². The fourth-order valence-corrected chi connectivity index (χ4v) is 2.01. The second-order valence-electron chi connectivity index (χ2n) is 5.45. The van der Waals surface area contributed by atoms with E-state index < -0.39 is 5.60 Å². The molecule has 100 valence electrons. The Morgan fingerprint density at radius 2 is 2.11 bits per heavy atom. The third-order valence-electron chi connectivity index (χ3n) is 3.69. The van der Waals surface area contributed by atoms with Gasteiger partial charge in [0.15, 0.2) is 0 Å². The molecular weight excluding hydrogens is 238 g/mol. The number of rotatable bonds is 4. The van der Waals surface area contributed by atoms with Gasteiger partial charge in [0.05, 0.1) is 35.7 Å². The highest BCUT2D eigenvalue weighted by Crippen LogP contribution is 2.23. The fourth-order valence-electron chi connectivity index (χ4n) is 2.01. The first-order valence-electron chi connectivity index (χ1n) is 6.49. The Balaban J connectivity index is 2.51. The molecule has 4 nitrogen and oxygen atoms in total. The first-order chi connectivity index (χ1) is 8.95. The van der Waals surface area contributed by atoms with Gasteiger partial charge in [0.25, 0.3) is 0 Å². The summed E-state index contributed by atoms with van der Waals surface area (Å²) in [6.07, 6.45) is 0.253. The van der Waals surface area contributed by atoms with Gasteiger partial charge < -0.3 is 9.67 Å². The lowest BCUT2D eigenvalue weighted by molar-refractivity contribution is -0.00232. The van der Waals surface area contributed by atoms with Crippen LogP contribution in [-0.2, 0) is 13.0 Å². The minimum atomic E-state index is -0.826. The summed E-state index contributed by atoms with van der Waals surface area (Å²) in [5.41, 5.74) is 1.01. The SMILES string of the molecule is CC(C)C(C)(O)Cn1c(CC#N)nc2ccccc21. The third kappa shape index (κ3) is 2.61. The molecule has 0 radical (unpaired) electrons. The molecule has 0 spiro atoms. The molecule has 0 aliphatic heterocycles. The van der Waals surface area contributed by atoms with Crippen LogP contribution in [0.5, 0.6) is 0 Å². The van der Waals surface area contributed by atoms with E-state index in [-0.39, 0.29) is 12.3 Å². The van der Waals surface area contributed by atoms with Gasteiger partial charge in [-0.2, -0.15) is 5.26 Å². The van der Waals surface area contributed by atoms with Crippen molar-refractivity contribution in [3.05, 3.63) is 30.1 Å². The van der Waals surface area contributed by atoms with Crippen LogP contribution in [0.3, 0.4) is 0 Å². The predicted molar refractivity (Wildman–Crippen MR) is 74.5 cm³/mol. The highest BCUT2D eigenvalue weighted by molar-refractivity contribution is 5.76. The number of aromatic nitrogens is 2. The lowest BCUT2D eigenvalue weighted by Gasteiger charge is -2.29. The number of benzene rings is 1. The molecule has 0 saturated carbocycles. The Bertz CT molecular complexity index is 620. The molecule has 0 saturated heterocycles. The second-order valence-corrected chi connectivity index (χ2v) is 5.45. The van der Waals surface area contributed by atoms with E-state index >= 15 is 0 Å². The van der Waals surface area contributed by atoms with E-state index in [1.54, 1.807) is 0 Å². The van der Waals surface area contributed by atoms with Crippen molar-refractivity contribution in [3.8, 4) is 6.07 Å². The molecule has 1 atom stereocenters. The Hall–Kier alpha value is -1.86. The fraction of sp³-hybridized carbons (Fsp3) is 0.467. The van der Waals surface area contributed by atoms with Crippen molar-refractivity contribution < 1.29 is 5.11 Å². The van der Waals surface area contributed by atoms with Crippen molar-refractivity contribution >= 4 is 11.0 Å². The van der Waals surface area contributed by atoms with Gasteiger partial charge in [0.2, 0.25) is 0 Å². The summed E-state index contributed by atoms with van der Waals surface area (Å²) in [4.78, 5) is 4.48. The Kier molecular flexibility index (Phi) is 3.59. The van der Waals surface area contributed by atoms with Crippen LogP contribution in [0.1, 0.15) is 26.6 Å². The van der Waals surface area contributed by atoms with Crippen LogP contribution in [-0.4, -0.2) is 20.3 Å². The van der Waals surface area contributed by atoms with E-state index in [2.05, 4.69) is 11.1 Å². The van der Waals surface area contributed by atoms with Gasteiger partial charge in [0.1, 0.15) is 5.82 Å². The maximum atomic E-state index is 10.5. The summed E-state index contributed by atoms with van der Waals surface area (Å²) in [7, 11) is 0. The molecule has 2 rings (SSSR count). The van der Waals surface area contributed by atoms with Gasteiger partial charge in [0, 0.05) is 0 Å². The number of imidazole rings is 1. The largest absolute Gasteiger partial charge is 0.388 e. The molecular formula is C15H19N3O. The van der Waals surface area contributed by atoms with Crippen LogP contribution < -0.4 is 0 Å². The minimum absolute atomic E-state index is 0.128. The van der Waals surface area contributed by atoms with Crippen molar-refractivity contribution in [3.63, 3.8) is 0 Å². The summed E-state index contributed by atoms with van der Waals surface area (Å²) in [6, 6.07) is 9.91. The second kappa shape index (κ2) is 5.02. The topological polar surface area (TPSA) is 61.8 Å². The van der Waals surface area contributed by atoms with Gasteiger partial charge in [-0.3, -0.25) is 0 Å². The first kappa shape index (κ1) is 13.6. The van der Waals surface area contributed by atoms with E-state index in [0.29, 0.717) is 12.4 Å². The summed E-state index contributed by atoms with van der Waals surface area (Å²) in [5, 5.41) is 19.4. The van der Waals surface area contributed by atoms with Crippen molar-refractivity contribution in [2.45, 2.75) is 39.3 Å². The lowest BCUT2D eigenvalue weighted by Crippen LogP contribution is -2.36. The first-order valence-corrected chi connectivity index (χ1v) is 6.49. The molecule has 1 aromatic heterocycles. The number of hydrogen-bond donors (Lipinski definition) is 1. The molecule has 1 aromatic carbocycles. The van der Waals surface area contributed by atoms with Crippen molar-refractivity contribution in [2.24, 2.45) is 5.92 Å². The van der Waals surface area contributed by atoms with Crippen molar-refractivity contribution in [1.29, 1.82) is 5.26 Å². The molecule has 1 N–H and O–H groups in total. The zero-order chi connectivity index (χ0) is 14.0. The zero-order valence-corrected chi connectivity index (χ0v) is 11.6. The van der Waals surface area contributed by atoms with Gasteiger partial charge >= 0.3 is 0 Å². The molecule has 0 aliphatic carbocycles. The number of nitrogens with zero attached hydrogens (tertiary/aromatic N) is 3. The lowest BCUT2D eigenvalue weighted by atomic mass is 9.92. The number of para-hydroxylation sites is 2. The van der Waals surface area contributed by atoms with E-state index in [9.17, 15) is 5.11 Å². The molecule has 0 aliphatic rings. The van der Waals surface area contributed by atoms with E-state index in [1.807, 2.05) is 49.6 Å². The quantitative estimate of drug-likeness (QED) is 0.915. The number of nitriles is 1. The van der Waals surface area contributed by atoms with Gasteiger partial charge in [-0.05, 0) is 25.0 Å². The van der Waals surface area contributed by atoms with Crippen molar-refractivity contribution in [2.75, 3.05) is 0 Å². The molecule has 1 heterocycles. The van der Waals surface area contributed by atoms with Crippen LogP contribution in [0.25, 0.3) is 11.0 Å². The van der Waals surface area contributed by atoms with Crippen LogP contribution in [0.2, 0.25) is 0 Å².